The van der Waals surface area contributed by atoms with E-state index in [1.165, 1.54) is 31.7 Å². The smallest absolute Gasteiger partial charge is 0 e. The van der Waals surface area contributed by atoms with Crippen LogP contribution in [0.1, 0.15) is 61.8 Å². The Labute approximate surface area is 201 Å². The number of aryl methyl sites for hydroxylation is 2. The largest absolute Gasteiger partial charge is 0.386 e. The number of benzene rings is 2. The summed E-state index contributed by atoms with van der Waals surface area (Å²) in [5.41, 5.74) is 13.4. The fourth-order valence-corrected chi connectivity index (χ4v) is 4.29. The van der Waals surface area contributed by atoms with Crippen LogP contribution in [0, 0.1) is 24.9 Å². The van der Waals surface area contributed by atoms with Gasteiger partial charge in [0.25, 0.3) is 0 Å². The van der Waals surface area contributed by atoms with Crippen LogP contribution in [0.15, 0.2) is 24.3 Å². The maximum Gasteiger partial charge on any atom is 0 e. The Hall–Kier alpha value is -0.533. The molecule has 2 nitrogen and oxygen atoms in total. The molecular formula is C22H24N2Rh2S2-2. The number of hydrogen-bond acceptors (Lipinski definition) is 4. The minimum absolute atomic E-state index is 0. The molecule has 0 spiro atoms. The minimum Gasteiger partial charge on any atom is -0.386 e. The van der Waals surface area contributed by atoms with Crippen LogP contribution in [0.3, 0.4) is 0 Å². The molecule has 0 aliphatic rings. The number of nitrogens with zero attached hydrogens (tertiary/aromatic N) is 2. The van der Waals surface area contributed by atoms with Crippen molar-refractivity contribution in [1.29, 1.82) is 0 Å². The van der Waals surface area contributed by atoms with E-state index in [0.29, 0.717) is 11.8 Å². The molecule has 0 aliphatic heterocycles. The van der Waals surface area contributed by atoms with E-state index in [1.807, 2.05) is 0 Å². The predicted octanol–water partition coefficient (Wildman–Crippen LogP) is 7.05. The molecule has 6 heteroatoms. The maximum atomic E-state index is 4.22. The van der Waals surface area contributed by atoms with Crippen molar-refractivity contribution in [3.8, 4) is 0 Å². The van der Waals surface area contributed by atoms with Gasteiger partial charge in [0, 0.05) is 39.0 Å². The first kappa shape index (κ1) is 25.5. The van der Waals surface area contributed by atoms with Crippen molar-refractivity contribution in [3.05, 3.63) is 57.5 Å². The predicted molar refractivity (Wildman–Crippen MR) is 115 cm³/mol. The van der Waals surface area contributed by atoms with Gasteiger partial charge in [-0.25, -0.2) is 0 Å². The van der Waals surface area contributed by atoms with E-state index < -0.39 is 0 Å². The maximum absolute atomic E-state index is 4.22. The molecule has 0 saturated carbocycles. The topological polar surface area (TPSA) is 25.8 Å². The summed E-state index contributed by atoms with van der Waals surface area (Å²) in [4.78, 5) is 8.43. The summed E-state index contributed by atoms with van der Waals surface area (Å²) in [5.74, 6) is 1.16. The van der Waals surface area contributed by atoms with Gasteiger partial charge < -0.3 is 9.97 Å². The molecule has 154 valence electrons. The van der Waals surface area contributed by atoms with Crippen LogP contribution < -0.4 is 0 Å². The summed E-state index contributed by atoms with van der Waals surface area (Å²) in [5, 5.41) is 0. The van der Waals surface area contributed by atoms with Gasteiger partial charge in [-0.05, 0) is 22.9 Å². The molecule has 0 unspecified atom stereocenters. The van der Waals surface area contributed by atoms with E-state index in [0.717, 1.165) is 11.0 Å². The fourth-order valence-electron chi connectivity index (χ4n) is 2.90. The molecule has 2 heterocycles. The van der Waals surface area contributed by atoms with E-state index in [4.69, 9.17) is 0 Å². The zero-order valence-corrected chi connectivity index (χ0v) is 21.8. The van der Waals surface area contributed by atoms with E-state index in [2.05, 4.69) is 86.8 Å². The number of aromatic nitrogens is 2. The molecule has 4 rings (SSSR count). The Morgan fingerprint density at radius 1 is 0.750 bits per heavy atom. The third-order valence-electron chi connectivity index (χ3n) is 4.53. The average molecular weight is 586 g/mol. The van der Waals surface area contributed by atoms with Crippen LogP contribution in [0.25, 0.3) is 20.4 Å². The van der Waals surface area contributed by atoms with Crippen molar-refractivity contribution in [1.82, 2.24) is 9.97 Å². The van der Waals surface area contributed by atoms with Gasteiger partial charge in [-0.1, -0.05) is 102 Å². The van der Waals surface area contributed by atoms with Crippen LogP contribution in [-0.2, 0) is 39.0 Å². The normalized spacial score (nSPS) is 10.6. The molecule has 0 amide bonds. The third-order valence-corrected chi connectivity index (χ3v) is 6.16. The Bertz CT molecular complexity index is 952. The van der Waals surface area contributed by atoms with Gasteiger partial charge in [-0.15, -0.1) is 6.07 Å². The average Bonchev–Trinajstić information content (AvgIpc) is 3.24. The molecule has 0 atom stereocenters. The van der Waals surface area contributed by atoms with Crippen LogP contribution in [0.5, 0.6) is 0 Å². The number of thiazole rings is 2. The molecule has 0 fully saturated rings. The fraction of sp³-hybridized carbons (Fsp3) is 0.364. The molecule has 2 aromatic heterocycles. The first-order valence-electron chi connectivity index (χ1n) is 8.91. The molecule has 2 radical (unpaired) electrons. The SMILES string of the molecule is Cc1cc(C(C)C)cc2n[c-]sc12.Cc1cc(C(C)C)cc2s[c-]nc12.[Rh].[Rh]. The van der Waals surface area contributed by atoms with E-state index >= 15 is 0 Å². The number of fused-ring (bicyclic) bond motifs is 2. The molecule has 0 bridgehead atoms. The van der Waals surface area contributed by atoms with Crippen molar-refractivity contribution in [2.75, 3.05) is 0 Å². The van der Waals surface area contributed by atoms with Crippen LogP contribution >= 0.6 is 22.7 Å². The summed E-state index contributed by atoms with van der Waals surface area (Å²) in [6, 6.07) is 8.86. The first-order chi connectivity index (χ1) is 12.4. The van der Waals surface area contributed by atoms with Crippen LogP contribution in [-0.4, -0.2) is 9.97 Å². The Kier molecular flexibility index (Phi) is 10.0. The summed E-state index contributed by atoms with van der Waals surface area (Å²) < 4.78 is 2.52. The van der Waals surface area contributed by atoms with E-state index in [1.54, 1.807) is 22.7 Å². The van der Waals surface area contributed by atoms with Gasteiger partial charge in [0.15, 0.2) is 0 Å². The summed E-state index contributed by atoms with van der Waals surface area (Å²) >= 11 is 3.20. The molecule has 0 saturated heterocycles. The molecule has 0 aliphatic carbocycles. The Morgan fingerprint density at radius 3 is 1.96 bits per heavy atom. The third kappa shape index (κ3) is 5.76. The Morgan fingerprint density at radius 2 is 1.32 bits per heavy atom. The summed E-state index contributed by atoms with van der Waals surface area (Å²) in [7, 11) is 0. The molecule has 28 heavy (non-hydrogen) atoms. The second-order valence-corrected chi connectivity index (χ2v) is 8.91. The van der Waals surface area contributed by atoms with Crippen LogP contribution in [0.4, 0.5) is 0 Å². The molecule has 0 N–H and O–H groups in total. The van der Waals surface area contributed by atoms with Gasteiger partial charge in [-0.2, -0.15) is 0 Å². The zero-order chi connectivity index (χ0) is 18.8. The molecular weight excluding hydrogens is 562 g/mol. The first-order valence-corrected chi connectivity index (χ1v) is 10.5. The monoisotopic (exact) mass is 586 g/mol. The number of hydrogen-bond donors (Lipinski definition) is 0. The van der Waals surface area contributed by atoms with Crippen molar-refractivity contribution in [3.63, 3.8) is 0 Å². The summed E-state index contributed by atoms with van der Waals surface area (Å²) in [6.45, 7) is 13.1. The molecule has 2 aromatic carbocycles. The van der Waals surface area contributed by atoms with Crippen LogP contribution in [0.2, 0.25) is 0 Å². The second kappa shape index (κ2) is 11.0. The zero-order valence-electron chi connectivity index (χ0n) is 16.8. The van der Waals surface area contributed by atoms with Gasteiger partial charge in [0.1, 0.15) is 0 Å². The van der Waals surface area contributed by atoms with Crippen molar-refractivity contribution >= 4 is 43.1 Å². The van der Waals surface area contributed by atoms with Crippen molar-refractivity contribution in [2.45, 2.75) is 53.4 Å². The van der Waals surface area contributed by atoms with Gasteiger partial charge in [0.2, 0.25) is 0 Å². The van der Waals surface area contributed by atoms with Gasteiger partial charge in [0.05, 0.1) is 0 Å². The minimum atomic E-state index is 0. The van der Waals surface area contributed by atoms with E-state index in [-0.39, 0.29) is 39.0 Å². The van der Waals surface area contributed by atoms with Gasteiger partial charge >= 0.3 is 0 Å². The van der Waals surface area contributed by atoms with Crippen molar-refractivity contribution < 1.29 is 39.0 Å². The van der Waals surface area contributed by atoms with Gasteiger partial charge in [-0.3, -0.25) is 22.7 Å². The summed E-state index contributed by atoms with van der Waals surface area (Å²) in [6.07, 6.45) is 0. The standard InChI is InChI=1S/2C11H12NS.2Rh/c1-7(2)9-4-8(3)11-10(5-9)13-6-12-11;1-7(2)9-4-8(3)11-10(5-9)12-6-13-11;;/h2*4-5,7H,1-3H3;;/q2*-1;;. The molecule has 4 aromatic rings. The number of rotatable bonds is 2. The van der Waals surface area contributed by atoms with Crippen molar-refractivity contribution in [2.24, 2.45) is 0 Å². The van der Waals surface area contributed by atoms with E-state index in [9.17, 15) is 0 Å². The Balaban J connectivity index is 0.000000261. The quantitative estimate of drug-likeness (QED) is 0.186. The second-order valence-electron chi connectivity index (χ2n) is 7.29.